The van der Waals surface area contributed by atoms with Gasteiger partial charge in [-0.15, -0.1) is 0 Å². The summed E-state index contributed by atoms with van der Waals surface area (Å²) in [6.45, 7) is -2.34. The van der Waals surface area contributed by atoms with Crippen LogP contribution in [0.1, 0.15) is 5.56 Å². The van der Waals surface area contributed by atoms with Crippen molar-refractivity contribution in [3.63, 3.8) is 0 Å². The zero-order valence-electron chi connectivity index (χ0n) is 19.2. The van der Waals surface area contributed by atoms with Gasteiger partial charge in [-0.05, 0) is 23.8 Å². The number of carbonyl (C=O) groups excluding carboxylic acids is 1. The van der Waals surface area contributed by atoms with Crippen LogP contribution in [0.4, 0.5) is 0 Å². The molecule has 36 heavy (non-hydrogen) atoms. The summed E-state index contributed by atoms with van der Waals surface area (Å²) in [7, 11) is 1.36. The maximum Gasteiger partial charge on any atom is 0.330 e. The predicted molar refractivity (Wildman–Crippen MR) is 116 cm³/mol. The van der Waals surface area contributed by atoms with Gasteiger partial charge in [0.05, 0.1) is 13.7 Å². The Morgan fingerprint density at radius 3 is 2.39 bits per heavy atom. The smallest absolute Gasteiger partial charge is 0.330 e. The molecular formula is C22H30O14. The average Bonchev–Trinajstić information content (AvgIpc) is 3.12. The molecule has 0 unspecified atom stereocenters. The van der Waals surface area contributed by atoms with Crippen LogP contribution in [0.3, 0.4) is 0 Å². The van der Waals surface area contributed by atoms with E-state index in [0.29, 0.717) is 5.56 Å². The first kappa shape index (κ1) is 28.2. The molecule has 2 saturated heterocycles. The van der Waals surface area contributed by atoms with Crippen LogP contribution < -0.4 is 4.74 Å². The van der Waals surface area contributed by atoms with E-state index in [1.54, 1.807) is 0 Å². The number of aliphatic hydroxyl groups is 7. The first-order valence-corrected chi connectivity index (χ1v) is 10.9. The molecule has 0 aliphatic carbocycles. The first-order valence-electron chi connectivity index (χ1n) is 10.9. The van der Waals surface area contributed by atoms with Crippen LogP contribution in [0.5, 0.6) is 11.5 Å². The van der Waals surface area contributed by atoms with Crippen LogP contribution in [0.15, 0.2) is 24.3 Å². The number of esters is 1. The number of hydrogen-bond donors (Lipinski definition) is 8. The number of benzene rings is 1. The minimum absolute atomic E-state index is 0.0851. The van der Waals surface area contributed by atoms with E-state index >= 15 is 0 Å². The Morgan fingerprint density at radius 2 is 1.78 bits per heavy atom. The van der Waals surface area contributed by atoms with Gasteiger partial charge in [-0.25, -0.2) is 4.79 Å². The van der Waals surface area contributed by atoms with Crippen molar-refractivity contribution in [1.82, 2.24) is 0 Å². The van der Waals surface area contributed by atoms with Gasteiger partial charge in [0.2, 0.25) is 5.79 Å². The van der Waals surface area contributed by atoms with E-state index in [2.05, 4.69) is 0 Å². The summed E-state index contributed by atoms with van der Waals surface area (Å²) in [4.78, 5) is 12.1. The fourth-order valence-corrected chi connectivity index (χ4v) is 3.79. The number of aromatic hydroxyl groups is 1. The third-order valence-electron chi connectivity index (χ3n) is 5.90. The molecule has 1 aromatic carbocycles. The highest BCUT2D eigenvalue weighted by Gasteiger charge is 2.58. The number of rotatable bonds is 9. The maximum absolute atomic E-state index is 12.1. The molecule has 2 heterocycles. The molecule has 1 aromatic rings. The Labute approximate surface area is 205 Å². The topological polar surface area (TPSA) is 225 Å². The number of carbonyl (C=O) groups is 1. The van der Waals surface area contributed by atoms with E-state index < -0.39 is 80.6 Å². The molecule has 0 saturated carbocycles. The number of methoxy groups -OCH3 is 1. The van der Waals surface area contributed by atoms with Crippen LogP contribution in [-0.4, -0.2) is 129 Å². The summed E-state index contributed by atoms with van der Waals surface area (Å²) in [6.07, 6.45) is -11.1. The monoisotopic (exact) mass is 518 g/mol. The van der Waals surface area contributed by atoms with Crippen LogP contribution >= 0.6 is 0 Å². The van der Waals surface area contributed by atoms with Gasteiger partial charge in [0.25, 0.3) is 0 Å². The molecule has 2 aliphatic rings. The van der Waals surface area contributed by atoms with Crippen molar-refractivity contribution in [1.29, 1.82) is 0 Å². The lowest BCUT2D eigenvalue weighted by Crippen LogP contribution is -2.62. The molecule has 14 heteroatoms. The van der Waals surface area contributed by atoms with E-state index in [1.165, 1.54) is 31.4 Å². The second-order valence-corrected chi connectivity index (χ2v) is 8.27. The third kappa shape index (κ3) is 5.78. The van der Waals surface area contributed by atoms with Crippen LogP contribution in [-0.2, 0) is 23.7 Å². The van der Waals surface area contributed by atoms with E-state index in [1.807, 2.05) is 0 Å². The molecule has 0 radical (unpaired) electrons. The van der Waals surface area contributed by atoms with Gasteiger partial charge in [0, 0.05) is 6.08 Å². The summed E-state index contributed by atoms with van der Waals surface area (Å²) in [5.41, 5.74) is 0.510. The zero-order valence-corrected chi connectivity index (χ0v) is 19.2. The Hall–Kier alpha value is -2.37. The van der Waals surface area contributed by atoms with Gasteiger partial charge in [-0.2, -0.15) is 0 Å². The molecule has 0 spiro atoms. The minimum Gasteiger partial charge on any atom is -0.504 e. The summed E-state index contributed by atoms with van der Waals surface area (Å²) >= 11 is 0. The number of phenolic OH excluding ortho intramolecular Hbond substituents is 1. The van der Waals surface area contributed by atoms with E-state index in [4.69, 9.17) is 23.7 Å². The molecule has 0 bridgehead atoms. The highest BCUT2D eigenvalue weighted by atomic mass is 16.8. The van der Waals surface area contributed by atoms with E-state index in [-0.39, 0.29) is 11.5 Å². The quantitative estimate of drug-likeness (QED) is 0.118. The van der Waals surface area contributed by atoms with Gasteiger partial charge in [-0.3, -0.25) is 0 Å². The van der Waals surface area contributed by atoms with Gasteiger partial charge >= 0.3 is 5.97 Å². The SMILES string of the molecule is COc1cc(/C=C/C(=O)OC[C@H]2O[C@H](O[C@]3(CO)O[C@H](CO)[C@@H](O)[C@@H]3O)[C@H](O)[C@@H](O)[C@@H]2O)ccc1O. The largest absolute Gasteiger partial charge is 0.504 e. The number of phenols is 1. The first-order chi connectivity index (χ1) is 17.1. The second-order valence-electron chi connectivity index (χ2n) is 8.27. The summed E-state index contributed by atoms with van der Waals surface area (Å²) in [6, 6.07) is 4.36. The van der Waals surface area contributed by atoms with Crippen molar-refractivity contribution in [3.8, 4) is 11.5 Å². The minimum atomic E-state index is -2.32. The maximum atomic E-state index is 12.1. The fraction of sp³-hybridized carbons (Fsp3) is 0.591. The fourth-order valence-electron chi connectivity index (χ4n) is 3.79. The summed E-state index contributed by atoms with van der Waals surface area (Å²) in [5, 5.41) is 79.6. The molecule has 9 atom stereocenters. The van der Waals surface area contributed by atoms with Gasteiger partial charge in [0.1, 0.15) is 55.9 Å². The Bertz CT molecular complexity index is 924. The number of aliphatic hydroxyl groups excluding tert-OH is 7. The molecule has 8 N–H and O–H groups in total. The predicted octanol–water partition coefficient (Wildman–Crippen LogP) is -3.42. The van der Waals surface area contributed by atoms with Gasteiger partial charge in [-0.1, -0.05) is 6.07 Å². The summed E-state index contributed by atoms with van der Waals surface area (Å²) < 4.78 is 26.0. The molecule has 2 fully saturated rings. The zero-order chi connectivity index (χ0) is 26.6. The normalized spacial score (nSPS) is 36.8. The Balaban J connectivity index is 1.64. The lowest BCUT2D eigenvalue weighted by molar-refractivity contribution is -0.383. The van der Waals surface area contributed by atoms with Crippen molar-refractivity contribution < 1.29 is 69.3 Å². The molecule has 14 nitrogen and oxygen atoms in total. The molecular weight excluding hydrogens is 488 g/mol. The third-order valence-corrected chi connectivity index (χ3v) is 5.90. The van der Waals surface area contributed by atoms with Crippen molar-refractivity contribution in [2.75, 3.05) is 26.9 Å². The Morgan fingerprint density at radius 1 is 1.06 bits per heavy atom. The van der Waals surface area contributed by atoms with Crippen molar-refractivity contribution in [2.45, 2.75) is 54.8 Å². The van der Waals surface area contributed by atoms with Crippen LogP contribution in [0.2, 0.25) is 0 Å². The lowest BCUT2D eigenvalue weighted by atomic mass is 9.99. The molecule has 202 valence electrons. The van der Waals surface area contributed by atoms with Crippen LogP contribution in [0, 0.1) is 0 Å². The standard InChI is InChI=1S/C22H30O14/c1-32-12-6-10(2-4-11(12)25)3-5-15(26)33-8-14-16(27)18(29)19(30)21(34-14)36-22(9-24)20(31)17(28)13(7-23)35-22/h2-6,13-14,16-21,23-25,27-31H,7-9H2,1H3/b5-3+/t13-,14-,16-,17-,18+,19-,20+,21-,22+/m1/s1. The van der Waals surface area contributed by atoms with E-state index in [9.17, 15) is 45.6 Å². The molecule has 0 aromatic heterocycles. The second kappa shape index (κ2) is 11.8. The number of ether oxygens (including phenoxy) is 5. The molecule has 3 rings (SSSR count). The lowest BCUT2D eigenvalue weighted by Gasteiger charge is -2.43. The van der Waals surface area contributed by atoms with Crippen molar-refractivity contribution in [3.05, 3.63) is 29.8 Å². The van der Waals surface area contributed by atoms with Gasteiger partial charge < -0.3 is 64.5 Å². The van der Waals surface area contributed by atoms with Crippen molar-refractivity contribution in [2.24, 2.45) is 0 Å². The van der Waals surface area contributed by atoms with Crippen LogP contribution in [0.25, 0.3) is 6.08 Å². The highest BCUT2D eigenvalue weighted by molar-refractivity contribution is 5.87. The van der Waals surface area contributed by atoms with Gasteiger partial charge in [0.15, 0.2) is 17.8 Å². The number of hydrogen-bond acceptors (Lipinski definition) is 14. The average molecular weight is 518 g/mol. The Kier molecular flexibility index (Phi) is 9.23. The molecule has 2 aliphatic heterocycles. The molecule has 0 amide bonds. The van der Waals surface area contributed by atoms with Crippen molar-refractivity contribution >= 4 is 12.0 Å². The van der Waals surface area contributed by atoms with E-state index in [0.717, 1.165) is 6.08 Å². The summed E-state index contributed by atoms with van der Waals surface area (Å²) in [5.74, 6) is -3.07. The highest BCUT2D eigenvalue weighted by Crippen LogP contribution is 2.36.